The molecule has 6 heteroatoms. The summed E-state index contributed by atoms with van der Waals surface area (Å²) in [7, 11) is 0. The molecular formula is C20H24N2O4. The number of hydrogen-bond acceptors (Lipinski definition) is 5. The summed E-state index contributed by atoms with van der Waals surface area (Å²) in [6, 6.07) is 16.7. The Hall–Kier alpha value is -2.41. The molecule has 0 spiro atoms. The molecule has 0 aliphatic carbocycles. The van der Waals surface area contributed by atoms with Crippen LogP contribution in [0.1, 0.15) is 23.7 Å². The predicted molar refractivity (Wildman–Crippen MR) is 97.6 cm³/mol. The Kier molecular flexibility index (Phi) is 6.22. The van der Waals surface area contributed by atoms with Crippen LogP contribution in [0.4, 0.5) is 0 Å². The maximum Gasteiger partial charge on any atom is 0.237 e. The van der Waals surface area contributed by atoms with Gasteiger partial charge in [-0.3, -0.25) is 4.79 Å². The van der Waals surface area contributed by atoms with E-state index >= 15 is 0 Å². The second-order valence-corrected chi connectivity index (χ2v) is 6.46. The number of carbonyl (C=O) groups is 1. The zero-order valence-electron chi connectivity index (χ0n) is 14.5. The van der Waals surface area contributed by atoms with Gasteiger partial charge in [0, 0.05) is 13.1 Å². The van der Waals surface area contributed by atoms with Gasteiger partial charge >= 0.3 is 0 Å². The van der Waals surface area contributed by atoms with Crippen LogP contribution < -0.4 is 15.4 Å². The first-order valence-corrected chi connectivity index (χ1v) is 8.76. The SMILES string of the molecule is O=C(NC[C@H](O)c1cccc(OCc2ccccc2)c1)[C@H]1C[C@@H](O)CN1. The van der Waals surface area contributed by atoms with E-state index in [-0.39, 0.29) is 12.5 Å². The molecule has 0 saturated carbocycles. The van der Waals surface area contributed by atoms with Crippen molar-refractivity contribution < 1.29 is 19.7 Å². The second kappa shape index (κ2) is 8.80. The van der Waals surface area contributed by atoms with Gasteiger partial charge in [0.1, 0.15) is 12.4 Å². The van der Waals surface area contributed by atoms with Gasteiger partial charge in [-0.1, -0.05) is 42.5 Å². The van der Waals surface area contributed by atoms with E-state index in [1.54, 1.807) is 12.1 Å². The van der Waals surface area contributed by atoms with Gasteiger partial charge in [0.25, 0.3) is 0 Å². The Morgan fingerprint density at radius 3 is 2.77 bits per heavy atom. The fraction of sp³-hybridized carbons (Fsp3) is 0.350. The smallest absolute Gasteiger partial charge is 0.237 e. The largest absolute Gasteiger partial charge is 0.489 e. The van der Waals surface area contributed by atoms with Crippen molar-refractivity contribution in [1.29, 1.82) is 0 Å². The summed E-state index contributed by atoms with van der Waals surface area (Å²) in [4.78, 5) is 12.0. The van der Waals surface area contributed by atoms with Gasteiger partial charge in [-0.2, -0.15) is 0 Å². The van der Waals surface area contributed by atoms with Crippen molar-refractivity contribution in [2.75, 3.05) is 13.1 Å². The van der Waals surface area contributed by atoms with Crippen LogP contribution in [0.25, 0.3) is 0 Å². The van der Waals surface area contributed by atoms with Crippen molar-refractivity contribution in [2.45, 2.75) is 31.3 Å². The van der Waals surface area contributed by atoms with Crippen LogP contribution in [0, 0.1) is 0 Å². The minimum atomic E-state index is -0.828. The average Bonchev–Trinajstić information content (AvgIpc) is 3.12. The summed E-state index contributed by atoms with van der Waals surface area (Å²) >= 11 is 0. The molecule has 1 fully saturated rings. The molecule has 4 N–H and O–H groups in total. The summed E-state index contributed by atoms with van der Waals surface area (Å²) in [6.45, 7) is 0.976. The quantitative estimate of drug-likeness (QED) is 0.597. The Balaban J connectivity index is 1.51. The van der Waals surface area contributed by atoms with E-state index in [0.717, 1.165) is 5.56 Å². The Labute approximate surface area is 152 Å². The molecule has 1 aliphatic heterocycles. The lowest BCUT2D eigenvalue weighted by atomic mass is 10.1. The monoisotopic (exact) mass is 356 g/mol. The molecule has 2 aromatic rings. The summed E-state index contributed by atoms with van der Waals surface area (Å²) < 4.78 is 5.77. The van der Waals surface area contributed by atoms with Gasteiger partial charge in [-0.15, -0.1) is 0 Å². The van der Waals surface area contributed by atoms with Gasteiger partial charge in [-0.05, 0) is 29.7 Å². The predicted octanol–water partition coefficient (Wildman–Crippen LogP) is 1.14. The minimum absolute atomic E-state index is 0.106. The van der Waals surface area contributed by atoms with Gasteiger partial charge in [0.15, 0.2) is 0 Å². The number of aliphatic hydroxyl groups is 2. The molecule has 3 rings (SSSR count). The normalized spacial score (nSPS) is 20.5. The fourth-order valence-corrected chi connectivity index (χ4v) is 2.91. The lowest BCUT2D eigenvalue weighted by Gasteiger charge is -2.16. The number of ether oxygens (including phenoxy) is 1. The maximum absolute atomic E-state index is 12.0. The number of aliphatic hydroxyl groups excluding tert-OH is 2. The minimum Gasteiger partial charge on any atom is -0.489 e. The molecule has 1 amide bonds. The van der Waals surface area contributed by atoms with Crippen LogP contribution in [0.5, 0.6) is 5.75 Å². The molecule has 0 bridgehead atoms. The van der Waals surface area contributed by atoms with Crippen LogP contribution >= 0.6 is 0 Å². The first-order valence-electron chi connectivity index (χ1n) is 8.76. The van der Waals surface area contributed by atoms with Crippen LogP contribution in [-0.2, 0) is 11.4 Å². The molecule has 138 valence electrons. The summed E-state index contributed by atoms with van der Waals surface area (Å²) in [5, 5.41) is 25.5. The lowest BCUT2D eigenvalue weighted by molar-refractivity contribution is -0.123. The second-order valence-electron chi connectivity index (χ2n) is 6.46. The van der Waals surface area contributed by atoms with E-state index in [9.17, 15) is 15.0 Å². The lowest BCUT2D eigenvalue weighted by Crippen LogP contribution is -2.41. The third-order valence-corrected chi connectivity index (χ3v) is 4.38. The molecule has 0 unspecified atom stereocenters. The molecule has 0 aromatic heterocycles. The van der Waals surface area contributed by atoms with Gasteiger partial charge in [-0.25, -0.2) is 0 Å². The molecule has 3 atom stereocenters. The molecule has 6 nitrogen and oxygen atoms in total. The number of carbonyl (C=O) groups excluding carboxylic acids is 1. The number of nitrogens with one attached hydrogen (secondary N) is 2. The van der Waals surface area contributed by atoms with Gasteiger partial charge in [0.2, 0.25) is 5.91 Å². The molecular weight excluding hydrogens is 332 g/mol. The maximum atomic E-state index is 12.0. The van der Waals surface area contributed by atoms with E-state index in [1.807, 2.05) is 42.5 Å². The van der Waals surface area contributed by atoms with Crippen molar-refractivity contribution >= 4 is 5.91 Å². The first kappa shape index (κ1) is 18.4. The highest BCUT2D eigenvalue weighted by molar-refractivity contribution is 5.82. The highest BCUT2D eigenvalue weighted by atomic mass is 16.5. The topological polar surface area (TPSA) is 90.8 Å². The number of benzene rings is 2. The van der Waals surface area contributed by atoms with Crippen LogP contribution in [0.3, 0.4) is 0 Å². The third kappa shape index (κ3) is 5.05. The third-order valence-electron chi connectivity index (χ3n) is 4.38. The molecule has 26 heavy (non-hydrogen) atoms. The van der Waals surface area contributed by atoms with Gasteiger partial charge in [0.05, 0.1) is 18.2 Å². The standard InChI is InChI=1S/C20H24N2O4/c23-16-10-18(21-11-16)20(25)22-12-19(24)15-7-4-8-17(9-15)26-13-14-5-2-1-3-6-14/h1-9,16,18-19,21,23-24H,10-13H2,(H,22,25)/t16-,18-,19+/m1/s1. The number of β-amino-alcohol motifs (C(OH)–C–C–N with tert-alkyl or cyclic N) is 1. The van der Waals surface area contributed by atoms with Crippen molar-refractivity contribution in [2.24, 2.45) is 0 Å². The zero-order chi connectivity index (χ0) is 18.4. The highest BCUT2D eigenvalue weighted by Crippen LogP contribution is 2.20. The van der Waals surface area contributed by atoms with E-state index in [4.69, 9.17) is 4.74 Å². The van der Waals surface area contributed by atoms with E-state index in [0.29, 0.717) is 30.9 Å². The van der Waals surface area contributed by atoms with Crippen molar-refractivity contribution in [1.82, 2.24) is 10.6 Å². The molecule has 1 saturated heterocycles. The Bertz CT molecular complexity index is 723. The average molecular weight is 356 g/mol. The number of hydrogen-bond donors (Lipinski definition) is 4. The zero-order valence-corrected chi connectivity index (χ0v) is 14.5. The van der Waals surface area contributed by atoms with Crippen LogP contribution in [0.15, 0.2) is 54.6 Å². The van der Waals surface area contributed by atoms with Crippen LogP contribution in [0.2, 0.25) is 0 Å². The molecule has 1 heterocycles. The van der Waals surface area contributed by atoms with Crippen LogP contribution in [-0.4, -0.2) is 41.4 Å². The molecule has 1 aliphatic rings. The number of amides is 1. The number of rotatable bonds is 7. The summed E-state index contributed by atoms with van der Waals surface area (Å²) in [6.07, 6.45) is -0.926. The summed E-state index contributed by atoms with van der Waals surface area (Å²) in [5.41, 5.74) is 1.74. The highest BCUT2D eigenvalue weighted by Gasteiger charge is 2.28. The molecule has 0 radical (unpaired) electrons. The fourth-order valence-electron chi connectivity index (χ4n) is 2.91. The van der Waals surface area contributed by atoms with Gasteiger partial charge < -0.3 is 25.6 Å². The van der Waals surface area contributed by atoms with E-state index in [2.05, 4.69) is 10.6 Å². The van der Waals surface area contributed by atoms with Crippen molar-refractivity contribution in [3.63, 3.8) is 0 Å². The summed E-state index contributed by atoms with van der Waals surface area (Å²) in [5.74, 6) is 0.453. The van der Waals surface area contributed by atoms with E-state index < -0.39 is 18.2 Å². The Morgan fingerprint density at radius 1 is 1.23 bits per heavy atom. The molecule has 2 aromatic carbocycles. The first-order chi connectivity index (χ1) is 12.6. The van der Waals surface area contributed by atoms with Crippen molar-refractivity contribution in [3.8, 4) is 5.75 Å². The van der Waals surface area contributed by atoms with Crippen molar-refractivity contribution in [3.05, 3.63) is 65.7 Å². The van der Waals surface area contributed by atoms with E-state index in [1.165, 1.54) is 0 Å². The Morgan fingerprint density at radius 2 is 2.04 bits per heavy atom.